The van der Waals surface area contributed by atoms with Crippen molar-refractivity contribution < 1.29 is 13.5 Å². The largest absolute Gasteiger partial charge is 0.382 e. The monoisotopic (exact) mass is 464 g/mol. The van der Waals surface area contributed by atoms with Gasteiger partial charge in [-0.25, -0.2) is 22.4 Å². The Morgan fingerprint density at radius 1 is 1.21 bits per heavy atom. The highest BCUT2D eigenvalue weighted by Crippen LogP contribution is 2.35. The molecule has 1 N–H and O–H groups in total. The van der Waals surface area contributed by atoms with Crippen molar-refractivity contribution in [1.29, 1.82) is 0 Å². The summed E-state index contributed by atoms with van der Waals surface area (Å²) in [5.74, 6) is 0.126. The quantitative estimate of drug-likeness (QED) is 0.645. The van der Waals surface area contributed by atoms with Crippen LogP contribution in [0.25, 0.3) is 0 Å². The van der Waals surface area contributed by atoms with Gasteiger partial charge in [0.1, 0.15) is 23.3 Å². The molecule has 1 unspecified atom stereocenters. The van der Waals surface area contributed by atoms with E-state index in [4.69, 9.17) is 23.2 Å². The third-order valence-electron chi connectivity index (χ3n) is 4.60. The topological polar surface area (TPSA) is 88.3 Å². The second kappa shape index (κ2) is 9.32. The summed E-state index contributed by atoms with van der Waals surface area (Å²) >= 11 is 13.5. The fourth-order valence-electron chi connectivity index (χ4n) is 3.19. The van der Waals surface area contributed by atoms with Crippen molar-refractivity contribution in [3.8, 4) is 0 Å². The van der Waals surface area contributed by atoms with Gasteiger partial charge in [0.15, 0.2) is 0 Å². The first-order chi connectivity index (χ1) is 13.3. The lowest BCUT2D eigenvalue weighted by atomic mass is 9.95. The van der Waals surface area contributed by atoms with Gasteiger partial charge in [0.05, 0.1) is 6.54 Å². The highest BCUT2D eigenvalue weighted by Gasteiger charge is 2.34. The number of thioether (sulfide) groups is 1. The van der Waals surface area contributed by atoms with Crippen molar-refractivity contribution >= 4 is 45.0 Å². The molecule has 7 nitrogen and oxygen atoms in total. The van der Waals surface area contributed by atoms with E-state index in [2.05, 4.69) is 10.1 Å². The van der Waals surface area contributed by atoms with Crippen LogP contribution in [0.15, 0.2) is 30.9 Å². The molecule has 1 aromatic heterocycles. The van der Waals surface area contributed by atoms with E-state index < -0.39 is 15.6 Å². The van der Waals surface area contributed by atoms with E-state index in [1.54, 1.807) is 18.2 Å². The number of aliphatic hydroxyl groups is 1. The van der Waals surface area contributed by atoms with Crippen LogP contribution in [0.3, 0.4) is 0 Å². The Balaban J connectivity index is 1.75. The summed E-state index contributed by atoms with van der Waals surface area (Å²) in [6.07, 6.45) is 5.70. The van der Waals surface area contributed by atoms with Gasteiger partial charge < -0.3 is 5.11 Å². The van der Waals surface area contributed by atoms with E-state index >= 15 is 0 Å². The van der Waals surface area contributed by atoms with Crippen molar-refractivity contribution in [2.45, 2.75) is 31.4 Å². The summed E-state index contributed by atoms with van der Waals surface area (Å²) in [6, 6.07) is 4.85. The van der Waals surface area contributed by atoms with Crippen molar-refractivity contribution in [3.05, 3.63) is 46.5 Å². The van der Waals surface area contributed by atoms with Gasteiger partial charge in [-0.3, -0.25) is 0 Å². The van der Waals surface area contributed by atoms with Crippen LogP contribution in [0.2, 0.25) is 10.0 Å². The molecule has 0 radical (unpaired) electrons. The van der Waals surface area contributed by atoms with Crippen molar-refractivity contribution in [1.82, 2.24) is 19.1 Å². The van der Waals surface area contributed by atoms with E-state index in [0.29, 0.717) is 28.7 Å². The average molecular weight is 465 g/mol. The summed E-state index contributed by atoms with van der Waals surface area (Å²) < 4.78 is 28.2. The molecule has 2 aromatic rings. The molecular formula is C17H22Cl2N4O3S2. The number of hydrogen-bond acceptors (Lipinski definition) is 6. The van der Waals surface area contributed by atoms with E-state index in [9.17, 15) is 13.5 Å². The first-order valence-electron chi connectivity index (χ1n) is 8.86. The maximum Gasteiger partial charge on any atom is 0.223 e. The smallest absolute Gasteiger partial charge is 0.223 e. The number of piperidine rings is 1. The standard InChI is InChI=1S/C17H22Cl2N4O3S2/c18-14-4-5-15(16(19)8-14)17(24,9-22-12-20-11-21-22)10-27-13-28(25,26)23-6-2-1-3-7-23/h4-5,8,11-12,24H,1-3,6-7,9-10,13H2. The minimum atomic E-state index is -3.37. The molecule has 28 heavy (non-hydrogen) atoms. The lowest BCUT2D eigenvalue weighted by Crippen LogP contribution is -2.38. The van der Waals surface area contributed by atoms with E-state index in [0.717, 1.165) is 31.0 Å². The van der Waals surface area contributed by atoms with Gasteiger partial charge >= 0.3 is 0 Å². The second-order valence-electron chi connectivity index (χ2n) is 6.79. The summed E-state index contributed by atoms with van der Waals surface area (Å²) in [7, 11) is -3.37. The third-order valence-corrected chi connectivity index (χ3v) is 8.84. The Bertz CT molecular complexity index is 890. The summed E-state index contributed by atoms with van der Waals surface area (Å²) in [5, 5.41) is 16.1. The average Bonchev–Trinajstić information content (AvgIpc) is 3.14. The zero-order chi connectivity index (χ0) is 20.2. The fourth-order valence-corrected chi connectivity index (χ4v) is 6.95. The summed E-state index contributed by atoms with van der Waals surface area (Å²) in [4.78, 5) is 3.89. The predicted octanol–water partition coefficient (Wildman–Crippen LogP) is 2.98. The number of aromatic nitrogens is 3. The van der Waals surface area contributed by atoms with Crippen molar-refractivity contribution in [3.63, 3.8) is 0 Å². The number of nitrogens with zero attached hydrogens (tertiary/aromatic N) is 4. The van der Waals surface area contributed by atoms with Crippen molar-refractivity contribution in [2.24, 2.45) is 0 Å². The minimum absolute atomic E-state index is 0.0884. The summed E-state index contributed by atoms with van der Waals surface area (Å²) in [6.45, 7) is 1.22. The van der Waals surface area contributed by atoms with Gasteiger partial charge in [0.2, 0.25) is 10.0 Å². The number of hydrogen-bond donors (Lipinski definition) is 1. The molecular weight excluding hydrogens is 443 g/mol. The van der Waals surface area contributed by atoms with Crippen LogP contribution in [0.4, 0.5) is 0 Å². The summed E-state index contributed by atoms with van der Waals surface area (Å²) in [5.41, 5.74) is -0.964. The van der Waals surface area contributed by atoms with Crippen molar-refractivity contribution in [2.75, 3.05) is 23.9 Å². The van der Waals surface area contributed by atoms with E-state index in [1.807, 2.05) is 0 Å². The first kappa shape index (κ1) is 21.9. The molecule has 11 heteroatoms. The van der Waals surface area contributed by atoms with Gasteiger partial charge in [0, 0.05) is 34.5 Å². The highest BCUT2D eigenvalue weighted by molar-refractivity contribution is 8.11. The SMILES string of the molecule is O=S(=O)(CSCC(O)(Cn1cncn1)c1ccc(Cl)cc1Cl)N1CCCCC1. The Labute approximate surface area is 179 Å². The molecule has 0 saturated carbocycles. The maximum absolute atomic E-state index is 12.6. The second-order valence-corrected chi connectivity index (χ2v) is 11.0. The lowest BCUT2D eigenvalue weighted by Gasteiger charge is -2.30. The van der Waals surface area contributed by atoms with E-state index in [1.165, 1.54) is 21.6 Å². The Kier molecular flexibility index (Phi) is 7.27. The Morgan fingerprint density at radius 2 is 1.96 bits per heavy atom. The number of sulfonamides is 1. The zero-order valence-corrected chi connectivity index (χ0v) is 18.3. The predicted molar refractivity (Wildman–Crippen MR) is 112 cm³/mol. The molecule has 3 rings (SSSR count). The zero-order valence-electron chi connectivity index (χ0n) is 15.2. The maximum atomic E-state index is 12.6. The molecule has 0 amide bonds. The molecule has 0 bridgehead atoms. The number of halogens is 2. The molecule has 1 aliphatic rings. The van der Waals surface area contributed by atoms with E-state index in [-0.39, 0.29) is 17.4 Å². The molecule has 2 heterocycles. The number of rotatable bonds is 8. The van der Waals surface area contributed by atoms with Crippen LogP contribution in [-0.2, 0) is 22.2 Å². The van der Waals surface area contributed by atoms with Crippen LogP contribution >= 0.6 is 35.0 Å². The normalized spacial score (nSPS) is 18.1. The molecule has 1 aromatic carbocycles. The van der Waals surface area contributed by atoms with Crippen LogP contribution in [0.5, 0.6) is 0 Å². The molecule has 1 aliphatic heterocycles. The molecule has 0 aliphatic carbocycles. The van der Waals surface area contributed by atoms with Gasteiger partial charge in [-0.2, -0.15) is 5.10 Å². The van der Waals surface area contributed by atoms with Gasteiger partial charge in [-0.05, 0) is 25.0 Å². The molecule has 1 saturated heterocycles. The molecule has 154 valence electrons. The van der Waals surface area contributed by atoms with Crippen LogP contribution in [0.1, 0.15) is 24.8 Å². The molecule has 1 fully saturated rings. The fraction of sp³-hybridized carbons (Fsp3) is 0.529. The molecule has 0 spiro atoms. The number of benzene rings is 1. The first-order valence-corrected chi connectivity index (χ1v) is 12.4. The minimum Gasteiger partial charge on any atom is -0.382 e. The van der Waals surface area contributed by atoms with Gasteiger partial charge in [0.25, 0.3) is 0 Å². The van der Waals surface area contributed by atoms with Gasteiger partial charge in [-0.1, -0.05) is 35.7 Å². The van der Waals surface area contributed by atoms with Gasteiger partial charge in [-0.15, -0.1) is 11.8 Å². The van der Waals surface area contributed by atoms with Crippen LogP contribution in [-0.4, -0.2) is 56.5 Å². The van der Waals surface area contributed by atoms with Crippen LogP contribution in [0, 0.1) is 0 Å². The Hall–Kier alpha value is -0.840. The Morgan fingerprint density at radius 3 is 2.61 bits per heavy atom. The highest BCUT2D eigenvalue weighted by atomic mass is 35.5. The third kappa shape index (κ3) is 5.40. The van der Waals surface area contributed by atoms with Crippen LogP contribution < -0.4 is 0 Å². The molecule has 1 atom stereocenters. The lowest BCUT2D eigenvalue weighted by molar-refractivity contribution is 0.0398.